The van der Waals surface area contributed by atoms with E-state index in [4.69, 9.17) is 14.2 Å². The van der Waals surface area contributed by atoms with Crippen molar-refractivity contribution in [2.45, 2.75) is 25.7 Å². The van der Waals surface area contributed by atoms with E-state index >= 15 is 0 Å². The highest BCUT2D eigenvalue weighted by Crippen LogP contribution is 2.22. The predicted octanol–water partition coefficient (Wildman–Crippen LogP) is 3.90. The zero-order valence-corrected chi connectivity index (χ0v) is 19.6. The predicted molar refractivity (Wildman–Crippen MR) is 136 cm³/mol. The molecular formula is C28H30N2O5. The van der Waals surface area contributed by atoms with E-state index in [1.165, 1.54) is 6.20 Å². The van der Waals surface area contributed by atoms with E-state index in [-0.39, 0.29) is 18.2 Å². The molecule has 182 valence electrons. The second-order valence-corrected chi connectivity index (χ2v) is 8.36. The Labute approximate surface area is 204 Å². The standard InChI is InChI=1S/C28H30N2O5/c1-20(17-33-23-11-13-24(14-12-23)34-18-21-7-3-2-4-8-21)29-15-22(31)19-35-27-16-30-28(32)26-10-6-5-9-25(26)27/h2-14,16,20,22,29,31H,15,17-19H2,1H3,(H,30,32). The molecule has 0 radical (unpaired) electrons. The first-order valence-corrected chi connectivity index (χ1v) is 11.6. The van der Waals surface area contributed by atoms with Crippen LogP contribution in [-0.2, 0) is 6.61 Å². The normalized spacial score (nSPS) is 12.7. The minimum Gasteiger partial charge on any atom is -0.492 e. The Balaban J connectivity index is 1.16. The van der Waals surface area contributed by atoms with E-state index in [1.54, 1.807) is 12.1 Å². The van der Waals surface area contributed by atoms with E-state index in [0.29, 0.717) is 30.9 Å². The van der Waals surface area contributed by atoms with Gasteiger partial charge < -0.3 is 29.6 Å². The zero-order chi connectivity index (χ0) is 24.5. The Hall–Kier alpha value is -3.81. The molecule has 1 aromatic heterocycles. The van der Waals surface area contributed by atoms with Gasteiger partial charge in [0.25, 0.3) is 5.56 Å². The monoisotopic (exact) mass is 474 g/mol. The highest BCUT2D eigenvalue weighted by Gasteiger charge is 2.11. The molecule has 35 heavy (non-hydrogen) atoms. The van der Waals surface area contributed by atoms with E-state index in [1.807, 2.05) is 73.7 Å². The van der Waals surface area contributed by atoms with Gasteiger partial charge in [-0.3, -0.25) is 4.79 Å². The van der Waals surface area contributed by atoms with Gasteiger partial charge in [0.05, 0.1) is 5.39 Å². The van der Waals surface area contributed by atoms with Crippen LogP contribution >= 0.6 is 0 Å². The number of aromatic amines is 1. The third-order valence-corrected chi connectivity index (χ3v) is 5.48. The summed E-state index contributed by atoms with van der Waals surface area (Å²) in [7, 11) is 0. The van der Waals surface area contributed by atoms with Crippen LogP contribution in [0.25, 0.3) is 10.8 Å². The third-order valence-electron chi connectivity index (χ3n) is 5.48. The lowest BCUT2D eigenvalue weighted by atomic mass is 10.1. The average molecular weight is 475 g/mol. The Morgan fingerprint density at radius 1 is 0.829 bits per heavy atom. The Kier molecular flexibility index (Phi) is 8.38. The molecular weight excluding hydrogens is 444 g/mol. The van der Waals surface area contributed by atoms with Gasteiger partial charge in [-0.25, -0.2) is 0 Å². The average Bonchev–Trinajstić information content (AvgIpc) is 2.90. The highest BCUT2D eigenvalue weighted by molar-refractivity contribution is 5.86. The molecule has 0 fully saturated rings. The smallest absolute Gasteiger partial charge is 0.256 e. The van der Waals surface area contributed by atoms with Crippen molar-refractivity contribution in [3.8, 4) is 17.2 Å². The highest BCUT2D eigenvalue weighted by atomic mass is 16.5. The first-order valence-electron chi connectivity index (χ1n) is 11.6. The van der Waals surface area contributed by atoms with E-state index in [2.05, 4.69) is 10.3 Å². The molecule has 0 aliphatic carbocycles. The van der Waals surface area contributed by atoms with Crippen molar-refractivity contribution in [3.63, 3.8) is 0 Å². The van der Waals surface area contributed by atoms with Gasteiger partial charge in [-0.15, -0.1) is 0 Å². The lowest BCUT2D eigenvalue weighted by molar-refractivity contribution is 0.102. The van der Waals surface area contributed by atoms with Crippen molar-refractivity contribution in [2.75, 3.05) is 19.8 Å². The third kappa shape index (κ3) is 7.09. The summed E-state index contributed by atoms with van der Waals surface area (Å²) >= 11 is 0. The number of ether oxygens (including phenoxy) is 3. The Bertz CT molecular complexity index is 1260. The largest absolute Gasteiger partial charge is 0.492 e. The number of nitrogens with one attached hydrogen (secondary N) is 2. The number of aliphatic hydroxyl groups excluding tert-OH is 1. The minimum absolute atomic E-state index is 0.0209. The van der Waals surface area contributed by atoms with Crippen LogP contribution < -0.4 is 25.1 Å². The number of H-pyrrole nitrogens is 1. The van der Waals surface area contributed by atoms with Gasteiger partial charge in [0.15, 0.2) is 0 Å². The Morgan fingerprint density at radius 3 is 2.23 bits per heavy atom. The topological polar surface area (TPSA) is 92.8 Å². The number of benzene rings is 3. The summed E-state index contributed by atoms with van der Waals surface area (Å²) in [5.74, 6) is 2.07. The zero-order valence-electron chi connectivity index (χ0n) is 19.6. The van der Waals surface area contributed by atoms with Crippen molar-refractivity contribution in [1.29, 1.82) is 0 Å². The van der Waals surface area contributed by atoms with Gasteiger partial charge in [0, 0.05) is 24.2 Å². The molecule has 7 nitrogen and oxygen atoms in total. The van der Waals surface area contributed by atoms with Gasteiger partial charge in [0.2, 0.25) is 0 Å². The SMILES string of the molecule is CC(COc1ccc(OCc2ccccc2)cc1)NCC(O)COc1c[nH]c(=O)c2ccccc12. The molecule has 2 unspecified atom stereocenters. The van der Waals surface area contributed by atoms with Gasteiger partial charge >= 0.3 is 0 Å². The summed E-state index contributed by atoms with van der Waals surface area (Å²) in [6, 6.07) is 24.8. The molecule has 4 aromatic rings. The fourth-order valence-corrected chi connectivity index (χ4v) is 3.54. The maximum atomic E-state index is 11.9. The van der Waals surface area contributed by atoms with E-state index in [0.717, 1.165) is 22.4 Å². The van der Waals surface area contributed by atoms with Crippen molar-refractivity contribution in [1.82, 2.24) is 10.3 Å². The minimum atomic E-state index is -0.718. The van der Waals surface area contributed by atoms with Crippen LogP contribution in [0.5, 0.6) is 17.2 Å². The lowest BCUT2D eigenvalue weighted by Crippen LogP contribution is -2.39. The molecule has 0 spiro atoms. The lowest BCUT2D eigenvalue weighted by Gasteiger charge is -2.18. The molecule has 0 aliphatic heterocycles. The molecule has 2 atom stereocenters. The Morgan fingerprint density at radius 2 is 1.49 bits per heavy atom. The molecule has 0 saturated carbocycles. The summed E-state index contributed by atoms with van der Waals surface area (Å²) < 4.78 is 17.4. The molecule has 3 N–H and O–H groups in total. The second kappa shape index (κ2) is 12.1. The first-order chi connectivity index (χ1) is 17.1. The summed E-state index contributed by atoms with van der Waals surface area (Å²) in [5, 5.41) is 14.8. The molecule has 0 saturated heterocycles. The molecule has 4 rings (SSSR count). The van der Waals surface area contributed by atoms with E-state index in [9.17, 15) is 9.90 Å². The second-order valence-electron chi connectivity index (χ2n) is 8.36. The van der Waals surface area contributed by atoms with E-state index < -0.39 is 6.10 Å². The van der Waals surface area contributed by atoms with Crippen molar-refractivity contribution in [2.24, 2.45) is 0 Å². The summed E-state index contributed by atoms with van der Waals surface area (Å²) in [6.07, 6.45) is 0.809. The molecule has 3 aromatic carbocycles. The van der Waals surface area contributed by atoms with Crippen molar-refractivity contribution >= 4 is 10.8 Å². The number of pyridine rings is 1. The number of fused-ring (bicyclic) bond motifs is 1. The van der Waals surface area contributed by atoms with Crippen LogP contribution in [0, 0.1) is 0 Å². The first kappa shape index (κ1) is 24.3. The molecule has 0 amide bonds. The number of aliphatic hydroxyl groups is 1. The fourth-order valence-electron chi connectivity index (χ4n) is 3.54. The van der Waals surface area contributed by atoms with Crippen LogP contribution in [0.1, 0.15) is 12.5 Å². The van der Waals surface area contributed by atoms with Gasteiger partial charge in [-0.05, 0) is 42.8 Å². The summed E-state index contributed by atoms with van der Waals surface area (Å²) in [6.45, 7) is 3.40. The molecule has 1 heterocycles. The van der Waals surface area contributed by atoms with Gasteiger partial charge in [-0.1, -0.05) is 48.5 Å². The summed E-state index contributed by atoms with van der Waals surface area (Å²) in [4.78, 5) is 14.6. The number of rotatable bonds is 12. The maximum Gasteiger partial charge on any atom is 0.256 e. The number of hydrogen-bond donors (Lipinski definition) is 3. The molecule has 0 bridgehead atoms. The van der Waals surface area contributed by atoms with Gasteiger partial charge in [0.1, 0.15) is 43.2 Å². The van der Waals surface area contributed by atoms with Gasteiger partial charge in [-0.2, -0.15) is 0 Å². The van der Waals surface area contributed by atoms with Crippen LogP contribution in [-0.4, -0.2) is 42.0 Å². The van der Waals surface area contributed by atoms with Crippen LogP contribution in [0.3, 0.4) is 0 Å². The number of hydrogen-bond acceptors (Lipinski definition) is 6. The van der Waals surface area contributed by atoms with Crippen LogP contribution in [0.2, 0.25) is 0 Å². The van der Waals surface area contributed by atoms with Crippen LogP contribution in [0.4, 0.5) is 0 Å². The van der Waals surface area contributed by atoms with Crippen molar-refractivity contribution < 1.29 is 19.3 Å². The quantitative estimate of drug-likeness (QED) is 0.288. The number of aromatic nitrogens is 1. The molecule has 0 aliphatic rings. The summed E-state index contributed by atoms with van der Waals surface area (Å²) in [5.41, 5.74) is 0.950. The van der Waals surface area contributed by atoms with Crippen molar-refractivity contribution in [3.05, 3.63) is 101 Å². The van der Waals surface area contributed by atoms with Crippen LogP contribution in [0.15, 0.2) is 89.9 Å². The fraction of sp³-hybridized carbons (Fsp3) is 0.250. The molecule has 7 heteroatoms. The maximum absolute atomic E-state index is 11.9.